The van der Waals surface area contributed by atoms with Crippen molar-refractivity contribution in [1.29, 1.82) is 0 Å². The summed E-state index contributed by atoms with van der Waals surface area (Å²) in [5.74, 6) is 0. The number of hydrogen-bond donors (Lipinski definition) is 0. The fraction of sp³-hybridized carbons (Fsp3) is 0.333. The van der Waals surface area contributed by atoms with Crippen molar-refractivity contribution in [2.45, 2.75) is 19.8 Å². The van der Waals surface area contributed by atoms with Gasteiger partial charge in [0.2, 0.25) is 0 Å². The molecule has 0 saturated carbocycles. The maximum atomic E-state index is 5.69. The molecule has 1 heteroatoms. The topological polar surface area (TPSA) is 0 Å². The Hall–Kier alpha value is -0.490. The lowest BCUT2D eigenvalue weighted by molar-refractivity contribution is 0.923. The molecular formula is C9H13Cl. The van der Waals surface area contributed by atoms with E-state index in [1.807, 2.05) is 6.08 Å². The molecule has 0 nitrogen and oxygen atoms in total. The molecule has 0 aromatic carbocycles. The second-order valence-electron chi connectivity index (χ2n) is 2.08. The van der Waals surface area contributed by atoms with E-state index in [-0.39, 0.29) is 0 Å². The molecule has 0 aromatic heterocycles. The van der Waals surface area contributed by atoms with Crippen LogP contribution in [0, 0.1) is 0 Å². The first kappa shape index (κ1) is 9.51. The Kier molecular flexibility index (Phi) is 5.05. The summed E-state index contributed by atoms with van der Waals surface area (Å²) in [6.07, 6.45) is 5.71. The van der Waals surface area contributed by atoms with Gasteiger partial charge in [-0.25, -0.2) is 0 Å². The van der Waals surface area contributed by atoms with Crippen LogP contribution in [-0.2, 0) is 0 Å². The first-order chi connectivity index (χ1) is 4.72. The third kappa shape index (κ3) is 3.52. The van der Waals surface area contributed by atoms with Crippen molar-refractivity contribution in [2.24, 2.45) is 0 Å². The maximum absolute atomic E-state index is 5.69. The van der Waals surface area contributed by atoms with E-state index in [0.29, 0.717) is 5.03 Å². The van der Waals surface area contributed by atoms with Crippen LogP contribution in [0.25, 0.3) is 0 Å². The number of halogens is 1. The van der Waals surface area contributed by atoms with Gasteiger partial charge in [0.05, 0.1) is 0 Å². The van der Waals surface area contributed by atoms with Crippen molar-refractivity contribution in [2.75, 3.05) is 0 Å². The minimum atomic E-state index is 0.627. The molecule has 0 aliphatic heterocycles. The predicted molar refractivity (Wildman–Crippen MR) is 48.2 cm³/mol. The van der Waals surface area contributed by atoms with E-state index in [0.717, 1.165) is 18.4 Å². The zero-order chi connectivity index (χ0) is 7.98. The standard InChI is InChI=1S/C9H13Cl/c1-4-6-9(7-5-2)8(3)10/h4,6H,1,3,5,7H2,2H3/b9-6-. The normalized spacial score (nSPS) is 11.2. The highest BCUT2D eigenvalue weighted by Crippen LogP contribution is 2.17. The van der Waals surface area contributed by atoms with Gasteiger partial charge >= 0.3 is 0 Å². The van der Waals surface area contributed by atoms with Crippen molar-refractivity contribution in [1.82, 2.24) is 0 Å². The van der Waals surface area contributed by atoms with Crippen molar-refractivity contribution >= 4 is 11.6 Å². The smallest absolute Gasteiger partial charge is 0.0366 e. The first-order valence-corrected chi connectivity index (χ1v) is 3.76. The summed E-state index contributed by atoms with van der Waals surface area (Å²) in [6.45, 7) is 9.34. The van der Waals surface area contributed by atoms with Crippen molar-refractivity contribution in [3.8, 4) is 0 Å². The van der Waals surface area contributed by atoms with Crippen LogP contribution in [0.2, 0.25) is 0 Å². The molecule has 10 heavy (non-hydrogen) atoms. The summed E-state index contributed by atoms with van der Waals surface area (Å²) >= 11 is 5.69. The van der Waals surface area contributed by atoms with Crippen LogP contribution in [0.4, 0.5) is 0 Å². The molecule has 0 aromatic rings. The fourth-order valence-corrected chi connectivity index (χ4v) is 0.878. The molecule has 0 aliphatic carbocycles. The summed E-state index contributed by atoms with van der Waals surface area (Å²) in [5, 5.41) is 0.627. The molecule has 0 atom stereocenters. The van der Waals surface area contributed by atoms with Gasteiger partial charge in [-0.1, -0.05) is 50.3 Å². The molecule has 0 radical (unpaired) electrons. The molecule has 0 rings (SSSR count). The molecule has 0 bridgehead atoms. The molecule has 0 spiro atoms. The van der Waals surface area contributed by atoms with Crippen LogP contribution in [-0.4, -0.2) is 0 Å². The van der Waals surface area contributed by atoms with Gasteiger partial charge in [-0.05, 0) is 12.0 Å². The Morgan fingerprint density at radius 3 is 2.50 bits per heavy atom. The number of hydrogen-bond acceptors (Lipinski definition) is 0. The van der Waals surface area contributed by atoms with E-state index in [4.69, 9.17) is 11.6 Å². The van der Waals surface area contributed by atoms with Crippen molar-refractivity contribution in [3.05, 3.63) is 35.9 Å². The third-order valence-corrected chi connectivity index (χ3v) is 1.43. The van der Waals surface area contributed by atoms with E-state index in [1.54, 1.807) is 6.08 Å². The summed E-state index contributed by atoms with van der Waals surface area (Å²) in [6, 6.07) is 0. The largest absolute Gasteiger partial charge is 0.0991 e. The Balaban J connectivity index is 4.11. The Morgan fingerprint density at radius 1 is 1.60 bits per heavy atom. The van der Waals surface area contributed by atoms with Crippen LogP contribution in [0.1, 0.15) is 19.8 Å². The van der Waals surface area contributed by atoms with Gasteiger partial charge in [-0.15, -0.1) is 0 Å². The van der Waals surface area contributed by atoms with E-state index in [9.17, 15) is 0 Å². The third-order valence-electron chi connectivity index (χ3n) is 1.19. The van der Waals surface area contributed by atoms with Crippen LogP contribution in [0.5, 0.6) is 0 Å². The number of rotatable bonds is 4. The zero-order valence-corrected chi connectivity index (χ0v) is 7.12. The summed E-state index contributed by atoms with van der Waals surface area (Å²) in [7, 11) is 0. The average molecular weight is 157 g/mol. The monoisotopic (exact) mass is 156 g/mol. The molecule has 0 saturated heterocycles. The zero-order valence-electron chi connectivity index (χ0n) is 6.36. The molecule has 0 unspecified atom stereocenters. The van der Waals surface area contributed by atoms with E-state index in [2.05, 4.69) is 20.1 Å². The van der Waals surface area contributed by atoms with Gasteiger partial charge in [0, 0.05) is 5.03 Å². The second kappa shape index (κ2) is 5.31. The Morgan fingerprint density at radius 2 is 2.20 bits per heavy atom. The average Bonchev–Trinajstić information content (AvgIpc) is 1.87. The van der Waals surface area contributed by atoms with Gasteiger partial charge in [0.1, 0.15) is 0 Å². The summed E-state index contributed by atoms with van der Waals surface area (Å²) in [5.41, 5.74) is 1.08. The summed E-state index contributed by atoms with van der Waals surface area (Å²) < 4.78 is 0. The molecule has 0 amide bonds. The minimum absolute atomic E-state index is 0.627. The van der Waals surface area contributed by atoms with E-state index < -0.39 is 0 Å². The highest BCUT2D eigenvalue weighted by atomic mass is 35.5. The van der Waals surface area contributed by atoms with E-state index >= 15 is 0 Å². The lowest BCUT2D eigenvalue weighted by Crippen LogP contribution is -1.79. The highest BCUT2D eigenvalue weighted by molar-refractivity contribution is 6.31. The van der Waals surface area contributed by atoms with Gasteiger partial charge in [-0.2, -0.15) is 0 Å². The van der Waals surface area contributed by atoms with Crippen LogP contribution in [0.15, 0.2) is 35.9 Å². The van der Waals surface area contributed by atoms with Crippen molar-refractivity contribution < 1.29 is 0 Å². The molecule has 0 fully saturated rings. The number of allylic oxidation sites excluding steroid dienone is 4. The van der Waals surface area contributed by atoms with Crippen molar-refractivity contribution in [3.63, 3.8) is 0 Å². The van der Waals surface area contributed by atoms with Gasteiger partial charge in [0.15, 0.2) is 0 Å². The minimum Gasteiger partial charge on any atom is -0.0991 e. The predicted octanol–water partition coefficient (Wildman–Crippen LogP) is 3.65. The molecular weight excluding hydrogens is 144 g/mol. The lowest BCUT2D eigenvalue weighted by Gasteiger charge is -1.99. The quantitative estimate of drug-likeness (QED) is 0.545. The van der Waals surface area contributed by atoms with Gasteiger partial charge < -0.3 is 0 Å². The van der Waals surface area contributed by atoms with E-state index in [1.165, 1.54) is 0 Å². The second-order valence-corrected chi connectivity index (χ2v) is 2.54. The van der Waals surface area contributed by atoms with Crippen LogP contribution >= 0.6 is 11.6 Å². The lowest BCUT2D eigenvalue weighted by atomic mass is 10.1. The highest BCUT2D eigenvalue weighted by Gasteiger charge is 1.95. The van der Waals surface area contributed by atoms with Crippen LogP contribution < -0.4 is 0 Å². The van der Waals surface area contributed by atoms with Gasteiger partial charge in [0.25, 0.3) is 0 Å². The Bertz CT molecular complexity index is 154. The Labute approximate surface area is 67.9 Å². The molecule has 0 N–H and O–H groups in total. The van der Waals surface area contributed by atoms with Gasteiger partial charge in [-0.3, -0.25) is 0 Å². The maximum Gasteiger partial charge on any atom is 0.0366 e. The molecule has 56 valence electrons. The summed E-state index contributed by atoms with van der Waals surface area (Å²) in [4.78, 5) is 0. The molecule has 0 heterocycles. The molecule has 0 aliphatic rings. The first-order valence-electron chi connectivity index (χ1n) is 3.38. The SMILES string of the molecule is C=C/C=C(/CCC)C(=C)Cl. The van der Waals surface area contributed by atoms with Crippen LogP contribution in [0.3, 0.4) is 0 Å². The fourth-order valence-electron chi connectivity index (χ4n) is 0.721.